The minimum absolute atomic E-state index is 0.306. The maximum Gasteiger partial charge on any atom is 0.411 e. The molecule has 1 aromatic carbocycles. The summed E-state index contributed by atoms with van der Waals surface area (Å²) in [5.74, 6) is 0.287. The van der Waals surface area contributed by atoms with E-state index in [0.717, 1.165) is 5.56 Å². The first kappa shape index (κ1) is 21.2. The Balaban J connectivity index is 2.67. The Morgan fingerprint density at radius 3 is 2.24 bits per heavy atom. The predicted octanol–water partition coefficient (Wildman–Crippen LogP) is 4.39. The molecule has 0 bridgehead atoms. The molecule has 140 valence electrons. The smallest absolute Gasteiger partial charge is 0.411 e. The lowest BCUT2D eigenvalue weighted by molar-refractivity contribution is -0.250. The van der Waals surface area contributed by atoms with Crippen LogP contribution in [-0.4, -0.2) is 37.6 Å². The highest BCUT2D eigenvalue weighted by Crippen LogP contribution is 2.20. The zero-order valence-corrected chi connectivity index (χ0v) is 14.7. The second-order valence-electron chi connectivity index (χ2n) is 6.36. The Kier molecular flexibility index (Phi) is 7.63. The van der Waals surface area contributed by atoms with Crippen molar-refractivity contribution >= 4 is 11.9 Å². The van der Waals surface area contributed by atoms with Gasteiger partial charge in [-0.25, -0.2) is 0 Å². The van der Waals surface area contributed by atoms with E-state index in [1.807, 2.05) is 0 Å². The lowest BCUT2D eigenvalue weighted by Crippen LogP contribution is -2.33. The number of methoxy groups -OCH3 is 1. The zero-order valence-electron chi connectivity index (χ0n) is 14.7. The van der Waals surface area contributed by atoms with E-state index in [9.17, 15) is 18.0 Å². The van der Waals surface area contributed by atoms with E-state index >= 15 is 0 Å². The van der Waals surface area contributed by atoms with Gasteiger partial charge in [-0.3, -0.25) is 4.79 Å². The molecule has 0 aromatic heterocycles. The van der Waals surface area contributed by atoms with Gasteiger partial charge >= 0.3 is 6.18 Å². The fourth-order valence-corrected chi connectivity index (χ4v) is 1.85. The number of halogens is 3. The first-order chi connectivity index (χ1) is 11.5. The van der Waals surface area contributed by atoms with E-state index in [0.29, 0.717) is 5.75 Å². The van der Waals surface area contributed by atoms with Crippen LogP contribution in [0.25, 0.3) is 6.08 Å². The Morgan fingerprint density at radius 2 is 1.76 bits per heavy atom. The summed E-state index contributed by atoms with van der Waals surface area (Å²) in [5.41, 5.74) is 0.0228. The highest BCUT2D eigenvalue weighted by molar-refractivity contribution is 5.93. The van der Waals surface area contributed by atoms with Gasteiger partial charge < -0.3 is 14.2 Å². The van der Waals surface area contributed by atoms with Crippen molar-refractivity contribution in [2.45, 2.75) is 45.3 Å². The van der Waals surface area contributed by atoms with E-state index in [1.54, 1.807) is 58.2 Å². The number of ether oxygens (including phenoxy) is 3. The largest absolute Gasteiger partial charge is 0.497 e. The molecule has 0 saturated heterocycles. The molecule has 4 nitrogen and oxygen atoms in total. The fraction of sp³-hybridized carbons (Fsp3) is 0.500. The number of allylic oxidation sites excluding steroid dienone is 1. The number of ketones is 1. The Bertz CT molecular complexity index is 571. The highest BCUT2D eigenvalue weighted by Gasteiger charge is 2.31. The molecule has 7 heteroatoms. The molecule has 1 aromatic rings. The standard InChI is InChI=1S/C18H23F3O4/c1-17(2,3)25-16(24-12-18(19,20)21)11-14(22)8-5-13-6-9-15(23-4)10-7-13/h5-10,16H,11-12H2,1-4H3/b8-5+. The lowest BCUT2D eigenvalue weighted by atomic mass is 10.1. The van der Waals surface area contributed by atoms with Crippen LogP contribution in [0.15, 0.2) is 30.3 Å². The third-order valence-electron chi connectivity index (χ3n) is 2.86. The number of alkyl halides is 3. The van der Waals surface area contributed by atoms with Crippen LogP contribution in [-0.2, 0) is 14.3 Å². The maximum atomic E-state index is 12.3. The van der Waals surface area contributed by atoms with E-state index in [4.69, 9.17) is 14.2 Å². The molecule has 0 spiro atoms. The average Bonchev–Trinajstić information content (AvgIpc) is 2.49. The third kappa shape index (κ3) is 9.89. The quantitative estimate of drug-likeness (QED) is 0.510. The molecule has 1 rings (SSSR count). The van der Waals surface area contributed by atoms with Gasteiger partial charge in [0.25, 0.3) is 0 Å². The van der Waals surface area contributed by atoms with Crippen LogP contribution in [0.1, 0.15) is 32.8 Å². The van der Waals surface area contributed by atoms with E-state index in [-0.39, 0.29) is 6.42 Å². The molecular formula is C18H23F3O4. The third-order valence-corrected chi connectivity index (χ3v) is 2.86. The first-order valence-corrected chi connectivity index (χ1v) is 7.70. The van der Waals surface area contributed by atoms with Crippen molar-refractivity contribution in [1.82, 2.24) is 0 Å². The van der Waals surface area contributed by atoms with Crippen molar-refractivity contribution < 1.29 is 32.2 Å². The minimum atomic E-state index is -4.48. The van der Waals surface area contributed by atoms with Gasteiger partial charge in [0.2, 0.25) is 0 Å². The number of carbonyl (C=O) groups is 1. The van der Waals surface area contributed by atoms with Gasteiger partial charge in [0.15, 0.2) is 12.1 Å². The maximum absolute atomic E-state index is 12.3. The van der Waals surface area contributed by atoms with Crippen LogP contribution in [0, 0.1) is 0 Å². The molecule has 0 aliphatic carbocycles. The molecule has 0 heterocycles. The van der Waals surface area contributed by atoms with Gasteiger partial charge in [0.05, 0.1) is 19.1 Å². The molecule has 0 amide bonds. The molecule has 0 aliphatic rings. The van der Waals surface area contributed by atoms with Crippen molar-refractivity contribution in [3.05, 3.63) is 35.9 Å². The van der Waals surface area contributed by atoms with E-state index in [2.05, 4.69) is 0 Å². The highest BCUT2D eigenvalue weighted by atomic mass is 19.4. The fourth-order valence-electron chi connectivity index (χ4n) is 1.85. The van der Waals surface area contributed by atoms with Crippen molar-refractivity contribution in [2.24, 2.45) is 0 Å². The van der Waals surface area contributed by atoms with Crippen molar-refractivity contribution in [3.8, 4) is 5.75 Å². The van der Waals surface area contributed by atoms with Gasteiger partial charge in [-0.15, -0.1) is 0 Å². The summed E-state index contributed by atoms with van der Waals surface area (Å²) < 4.78 is 52.1. The number of rotatable bonds is 8. The Morgan fingerprint density at radius 1 is 1.16 bits per heavy atom. The van der Waals surface area contributed by atoms with E-state index in [1.165, 1.54) is 6.08 Å². The molecule has 1 atom stereocenters. The van der Waals surface area contributed by atoms with E-state index < -0.39 is 30.5 Å². The molecule has 0 radical (unpaired) electrons. The predicted molar refractivity (Wildman–Crippen MR) is 88.3 cm³/mol. The first-order valence-electron chi connectivity index (χ1n) is 7.70. The minimum Gasteiger partial charge on any atom is -0.497 e. The molecular weight excluding hydrogens is 337 g/mol. The summed E-state index contributed by atoms with van der Waals surface area (Å²) in [5, 5.41) is 0. The lowest BCUT2D eigenvalue weighted by Gasteiger charge is -2.27. The van der Waals surface area contributed by atoms with Crippen molar-refractivity contribution in [3.63, 3.8) is 0 Å². The SMILES string of the molecule is COc1ccc(/C=C/C(=O)CC(OCC(F)(F)F)OC(C)(C)C)cc1. The normalized spacial score (nSPS) is 13.9. The number of carbonyl (C=O) groups excluding carboxylic acids is 1. The molecule has 0 aliphatic heterocycles. The summed E-state index contributed by atoms with van der Waals surface area (Å²) in [7, 11) is 1.55. The number of benzene rings is 1. The van der Waals surface area contributed by atoms with Gasteiger partial charge in [-0.05, 0) is 44.5 Å². The zero-order chi connectivity index (χ0) is 19.1. The summed E-state index contributed by atoms with van der Waals surface area (Å²) >= 11 is 0. The summed E-state index contributed by atoms with van der Waals surface area (Å²) in [6.45, 7) is 3.56. The van der Waals surface area contributed by atoms with Crippen LogP contribution in [0.3, 0.4) is 0 Å². The molecule has 25 heavy (non-hydrogen) atoms. The molecule has 0 N–H and O–H groups in total. The van der Waals surface area contributed by atoms with Crippen LogP contribution in [0.2, 0.25) is 0 Å². The van der Waals surface area contributed by atoms with Crippen LogP contribution < -0.4 is 4.74 Å². The second kappa shape index (κ2) is 9.01. The molecule has 1 unspecified atom stereocenters. The Hall–Kier alpha value is -1.86. The van der Waals surface area contributed by atoms with Gasteiger partial charge in [-0.1, -0.05) is 18.2 Å². The van der Waals surface area contributed by atoms with Gasteiger partial charge in [0.1, 0.15) is 12.4 Å². The topological polar surface area (TPSA) is 44.8 Å². The van der Waals surface area contributed by atoms with Crippen molar-refractivity contribution in [2.75, 3.05) is 13.7 Å². The average molecular weight is 360 g/mol. The Labute approximate surface area is 145 Å². The van der Waals surface area contributed by atoms with Crippen LogP contribution >= 0.6 is 0 Å². The second-order valence-corrected chi connectivity index (χ2v) is 6.36. The van der Waals surface area contributed by atoms with Crippen LogP contribution in [0.4, 0.5) is 13.2 Å². The van der Waals surface area contributed by atoms with Crippen molar-refractivity contribution in [1.29, 1.82) is 0 Å². The van der Waals surface area contributed by atoms with Crippen LogP contribution in [0.5, 0.6) is 5.75 Å². The van der Waals surface area contributed by atoms with Gasteiger partial charge in [0, 0.05) is 0 Å². The molecule has 0 fully saturated rings. The summed E-state index contributed by atoms with van der Waals surface area (Å²) in [6.07, 6.45) is -3.20. The summed E-state index contributed by atoms with van der Waals surface area (Å²) in [4.78, 5) is 12.0. The van der Waals surface area contributed by atoms with Gasteiger partial charge in [-0.2, -0.15) is 13.2 Å². The number of hydrogen-bond donors (Lipinski definition) is 0. The number of hydrogen-bond acceptors (Lipinski definition) is 4. The monoisotopic (exact) mass is 360 g/mol. The summed E-state index contributed by atoms with van der Waals surface area (Å²) in [6, 6.07) is 6.99. The molecule has 0 saturated carbocycles.